The molecule has 1 heterocycles. The van der Waals surface area contributed by atoms with Crippen LogP contribution in [-0.2, 0) is 16.0 Å². The van der Waals surface area contributed by atoms with Gasteiger partial charge in [0, 0.05) is 35.5 Å². The van der Waals surface area contributed by atoms with Crippen LogP contribution in [0.5, 0.6) is 0 Å². The molecule has 3 rings (SSSR count). The molecule has 2 atom stereocenters. The second-order valence-electron chi connectivity index (χ2n) is 6.60. The van der Waals surface area contributed by atoms with E-state index >= 15 is 0 Å². The van der Waals surface area contributed by atoms with Crippen molar-refractivity contribution in [2.45, 2.75) is 32.4 Å². The van der Waals surface area contributed by atoms with E-state index in [1.165, 1.54) is 6.92 Å². The fraction of sp³-hybridized carbons (Fsp3) is 0.238. The Hall–Kier alpha value is -2.79. The number of amides is 2. The average Bonchev–Trinajstić information content (AvgIpc) is 3.04. The number of para-hydroxylation sites is 1. The largest absolute Gasteiger partial charge is 0.361 e. The first-order valence-electron chi connectivity index (χ1n) is 8.82. The summed E-state index contributed by atoms with van der Waals surface area (Å²) >= 11 is 5.92. The molecule has 3 aromatic rings. The highest BCUT2D eigenvalue weighted by Gasteiger charge is 2.23. The van der Waals surface area contributed by atoms with E-state index in [9.17, 15) is 9.59 Å². The third-order valence-corrected chi connectivity index (χ3v) is 4.77. The average molecular weight is 384 g/mol. The summed E-state index contributed by atoms with van der Waals surface area (Å²) in [7, 11) is 0. The van der Waals surface area contributed by atoms with E-state index in [1.54, 1.807) is 12.1 Å². The number of benzene rings is 2. The van der Waals surface area contributed by atoms with Crippen LogP contribution >= 0.6 is 11.6 Å². The molecule has 0 bridgehead atoms. The molecule has 0 spiro atoms. The van der Waals surface area contributed by atoms with Gasteiger partial charge in [0.05, 0.1) is 6.04 Å². The third-order valence-electron chi connectivity index (χ3n) is 4.52. The molecular formula is C21H22ClN3O2. The maximum atomic E-state index is 12.8. The van der Waals surface area contributed by atoms with Crippen molar-refractivity contribution >= 4 is 34.3 Å². The predicted molar refractivity (Wildman–Crippen MR) is 108 cm³/mol. The predicted octanol–water partition coefficient (Wildman–Crippen LogP) is 3.75. The molecule has 0 aliphatic heterocycles. The maximum Gasteiger partial charge on any atom is 0.243 e. The quantitative estimate of drug-likeness (QED) is 0.606. The lowest BCUT2D eigenvalue weighted by molar-refractivity contribution is -0.128. The Kier molecular flexibility index (Phi) is 5.81. The lowest BCUT2D eigenvalue weighted by Gasteiger charge is -2.21. The summed E-state index contributed by atoms with van der Waals surface area (Å²) < 4.78 is 0. The number of halogens is 1. The van der Waals surface area contributed by atoms with Crippen molar-refractivity contribution < 1.29 is 9.59 Å². The van der Waals surface area contributed by atoms with Crippen LogP contribution < -0.4 is 10.6 Å². The standard InChI is InChI=1S/C21H22ClN3O2/c1-13(15-7-9-17(22)10-8-15)24-21(27)20(25-14(2)26)11-16-12-23-19-6-4-3-5-18(16)19/h3-10,12-13,20,23H,11H2,1-2H3,(H,24,27)(H,25,26). The van der Waals surface area contributed by atoms with Crippen LogP contribution in [0.15, 0.2) is 54.7 Å². The zero-order chi connectivity index (χ0) is 19.4. The van der Waals surface area contributed by atoms with Crippen molar-refractivity contribution in [2.24, 2.45) is 0 Å². The molecular weight excluding hydrogens is 362 g/mol. The van der Waals surface area contributed by atoms with Gasteiger partial charge in [0.2, 0.25) is 11.8 Å². The van der Waals surface area contributed by atoms with Crippen molar-refractivity contribution in [3.05, 3.63) is 70.9 Å². The smallest absolute Gasteiger partial charge is 0.243 e. The van der Waals surface area contributed by atoms with Gasteiger partial charge in [0.15, 0.2) is 0 Å². The van der Waals surface area contributed by atoms with E-state index in [2.05, 4.69) is 15.6 Å². The lowest BCUT2D eigenvalue weighted by Crippen LogP contribution is -2.47. The van der Waals surface area contributed by atoms with Crippen molar-refractivity contribution in [3.8, 4) is 0 Å². The van der Waals surface area contributed by atoms with Gasteiger partial charge in [-0.3, -0.25) is 9.59 Å². The van der Waals surface area contributed by atoms with Crippen LogP contribution in [0.3, 0.4) is 0 Å². The van der Waals surface area contributed by atoms with Gasteiger partial charge in [0.1, 0.15) is 6.04 Å². The molecule has 2 amide bonds. The molecule has 6 heteroatoms. The van der Waals surface area contributed by atoms with Crippen LogP contribution in [0.2, 0.25) is 5.02 Å². The number of nitrogens with one attached hydrogen (secondary N) is 3. The number of hydrogen-bond donors (Lipinski definition) is 3. The Morgan fingerprint density at radius 1 is 1.07 bits per heavy atom. The van der Waals surface area contributed by atoms with Gasteiger partial charge in [-0.25, -0.2) is 0 Å². The van der Waals surface area contributed by atoms with Crippen LogP contribution in [0.1, 0.15) is 31.0 Å². The fourth-order valence-electron chi connectivity index (χ4n) is 3.12. The van der Waals surface area contributed by atoms with E-state index in [4.69, 9.17) is 11.6 Å². The van der Waals surface area contributed by atoms with Crippen LogP contribution in [-0.4, -0.2) is 22.8 Å². The summed E-state index contributed by atoms with van der Waals surface area (Å²) in [5.41, 5.74) is 2.93. The third kappa shape index (κ3) is 4.68. The highest BCUT2D eigenvalue weighted by molar-refractivity contribution is 6.30. The molecule has 1 aromatic heterocycles. The number of rotatable bonds is 6. The summed E-state index contributed by atoms with van der Waals surface area (Å²) in [6.07, 6.45) is 2.29. The molecule has 0 radical (unpaired) electrons. The van der Waals surface area contributed by atoms with Crippen molar-refractivity contribution in [3.63, 3.8) is 0 Å². The molecule has 2 aromatic carbocycles. The number of aromatic nitrogens is 1. The molecule has 0 saturated carbocycles. The molecule has 5 nitrogen and oxygen atoms in total. The van der Waals surface area contributed by atoms with Crippen LogP contribution in [0, 0.1) is 0 Å². The number of carbonyl (C=O) groups is 2. The van der Waals surface area contributed by atoms with Crippen LogP contribution in [0.25, 0.3) is 10.9 Å². The number of carbonyl (C=O) groups excluding carboxylic acids is 2. The Morgan fingerprint density at radius 3 is 2.48 bits per heavy atom. The second-order valence-corrected chi connectivity index (χ2v) is 7.03. The van der Waals surface area contributed by atoms with Crippen LogP contribution in [0.4, 0.5) is 0 Å². The molecule has 2 unspecified atom stereocenters. The Labute approximate surface area is 163 Å². The molecule has 0 aliphatic carbocycles. The maximum absolute atomic E-state index is 12.8. The minimum atomic E-state index is -0.656. The minimum Gasteiger partial charge on any atom is -0.361 e. The molecule has 140 valence electrons. The van der Waals surface area contributed by atoms with Gasteiger partial charge in [-0.15, -0.1) is 0 Å². The minimum absolute atomic E-state index is 0.200. The molecule has 0 saturated heterocycles. The Morgan fingerprint density at radius 2 is 1.78 bits per heavy atom. The summed E-state index contributed by atoms with van der Waals surface area (Å²) in [6, 6.07) is 14.4. The number of hydrogen-bond acceptors (Lipinski definition) is 2. The zero-order valence-corrected chi connectivity index (χ0v) is 16.0. The topological polar surface area (TPSA) is 74.0 Å². The van der Waals surface area contributed by atoms with Gasteiger partial charge in [-0.1, -0.05) is 41.9 Å². The lowest BCUT2D eigenvalue weighted by atomic mass is 10.0. The van der Waals surface area contributed by atoms with E-state index in [0.717, 1.165) is 22.0 Å². The summed E-state index contributed by atoms with van der Waals surface area (Å²) in [5.74, 6) is -0.466. The molecule has 3 N–H and O–H groups in total. The molecule has 0 fully saturated rings. The number of aromatic amines is 1. The van der Waals surface area contributed by atoms with Gasteiger partial charge >= 0.3 is 0 Å². The van der Waals surface area contributed by atoms with E-state index in [-0.39, 0.29) is 17.9 Å². The van der Waals surface area contributed by atoms with Gasteiger partial charge in [-0.2, -0.15) is 0 Å². The zero-order valence-electron chi connectivity index (χ0n) is 15.3. The van der Waals surface area contributed by atoms with E-state index in [0.29, 0.717) is 11.4 Å². The van der Waals surface area contributed by atoms with Crippen molar-refractivity contribution in [2.75, 3.05) is 0 Å². The highest BCUT2D eigenvalue weighted by atomic mass is 35.5. The Bertz CT molecular complexity index is 949. The summed E-state index contributed by atoms with van der Waals surface area (Å²) in [6.45, 7) is 3.32. The highest BCUT2D eigenvalue weighted by Crippen LogP contribution is 2.20. The second kappa shape index (κ2) is 8.27. The van der Waals surface area contributed by atoms with Gasteiger partial charge in [-0.05, 0) is 36.2 Å². The summed E-state index contributed by atoms with van der Waals surface area (Å²) in [5, 5.41) is 7.43. The van der Waals surface area contributed by atoms with E-state index in [1.807, 2.05) is 49.5 Å². The molecule has 27 heavy (non-hydrogen) atoms. The first kappa shape index (κ1) is 19.0. The summed E-state index contributed by atoms with van der Waals surface area (Å²) in [4.78, 5) is 27.7. The van der Waals surface area contributed by atoms with Gasteiger partial charge < -0.3 is 15.6 Å². The normalized spacial score (nSPS) is 13.1. The molecule has 0 aliphatic rings. The number of fused-ring (bicyclic) bond motifs is 1. The fourth-order valence-corrected chi connectivity index (χ4v) is 3.25. The van der Waals surface area contributed by atoms with E-state index < -0.39 is 6.04 Å². The van der Waals surface area contributed by atoms with Crippen molar-refractivity contribution in [1.29, 1.82) is 0 Å². The SMILES string of the molecule is CC(=O)NC(Cc1c[nH]c2ccccc12)C(=O)NC(C)c1ccc(Cl)cc1. The number of H-pyrrole nitrogens is 1. The monoisotopic (exact) mass is 383 g/mol. The van der Waals surface area contributed by atoms with Gasteiger partial charge in [0.25, 0.3) is 0 Å². The first-order valence-corrected chi connectivity index (χ1v) is 9.20. The first-order chi connectivity index (χ1) is 12.9. The van der Waals surface area contributed by atoms with Crippen molar-refractivity contribution in [1.82, 2.24) is 15.6 Å². The Balaban J connectivity index is 1.76.